The van der Waals surface area contributed by atoms with Gasteiger partial charge >= 0.3 is 0 Å². The largest absolute Gasteiger partial charge is 0.369 e. The van der Waals surface area contributed by atoms with Crippen LogP contribution >= 0.6 is 11.6 Å². The van der Waals surface area contributed by atoms with E-state index in [2.05, 4.69) is 25.3 Å². The highest BCUT2D eigenvalue weighted by Crippen LogP contribution is 2.19. The number of hydrogen-bond acceptors (Lipinski definition) is 6. The second-order valence-corrected chi connectivity index (χ2v) is 7.32. The maximum Gasteiger partial charge on any atom is 0.240 e. The molecule has 10 heteroatoms. The standard InChI is InChI=1S/C15H19ClFN5O2S/c1-3-18-15-21-10(2)8-14(22-15)19-6-7-20-25(23,24)11-4-5-13(17)12(16)9-11/h4-5,8-9,20H,3,6-7H2,1-2H3,(H2,18,19,21,22). The molecule has 1 aromatic carbocycles. The fraction of sp³-hybridized carbons (Fsp3) is 0.333. The molecule has 3 N–H and O–H groups in total. The van der Waals surface area contributed by atoms with Gasteiger partial charge in [0.05, 0.1) is 9.92 Å². The van der Waals surface area contributed by atoms with Crippen molar-refractivity contribution in [2.75, 3.05) is 30.3 Å². The van der Waals surface area contributed by atoms with Crippen LogP contribution in [-0.4, -0.2) is 38.0 Å². The number of rotatable bonds is 8. The number of nitrogens with one attached hydrogen (secondary N) is 3. The second-order valence-electron chi connectivity index (χ2n) is 5.15. The number of aryl methyl sites for hydroxylation is 1. The first kappa shape index (κ1) is 19.4. The van der Waals surface area contributed by atoms with E-state index >= 15 is 0 Å². The lowest BCUT2D eigenvalue weighted by molar-refractivity contribution is 0.582. The molecule has 2 rings (SSSR count). The molecule has 0 atom stereocenters. The lowest BCUT2D eigenvalue weighted by atomic mass is 10.3. The molecule has 0 amide bonds. The minimum atomic E-state index is -3.77. The minimum absolute atomic E-state index is 0.0915. The summed E-state index contributed by atoms with van der Waals surface area (Å²) in [7, 11) is -3.77. The van der Waals surface area contributed by atoms with Gasteiger partial charge in [0.2, 0.25) is 16.0 Å². The van der Waals surface area contributed by atoms with E-state index in [1.54, 1.807) is 6.07 Å². The molecule has 0 aliphatic rings. The Morgan fingerprint density at radius 3 is 2.60 bits per heavy atom. The van der Waals surface area contributed by atoms with Crippen LogP contribution in [0, 0.1) is 12.7 Å². The van der Waals surface area contributed by atoms with E-state index in [0.29, 0.717) is 24.9 Å². The van der Waals surface area contributed by atoms with Crippen LogP contribution in [0.2, 0.25) is 5.02 Å². The Labute approximate surface area is 151 Å². The highest BCUT2D eigenvalue weighted by molar-refractivity contribution is 7.89. The van der Waals surface area contributed by atoms with E-state index < -0.39 is 15.8 Å². The monoisotopic (exact) mass is 387 g/mol. The summed E-state index contributed by atoms with van der Waals surface area (Å²) in [6.07, 6.45) is 0. The molecule has 136 valence electrons. The molecule has 0 unspecified atom stereocenters. The number of halogens is 2. The lowest BCUT2D eigenvalue weighted by Gasteiger charge is -2.10. The zero-order valence-corrected chi connectivity index (χ0v) is 15.4. The Balaban J connectivity index is 1.93. The molecule has 0 aliphatic carbocycles. The fourth-order valence-electron chi connectivity index (χ4n) is 2.00. The number of anilines is 2. The molecule has 0 aliphatic heterocycles. The van der Waals surface area contributed by atoms with E-state index in [0.717, 1.165) is 23.9 Å². The quantitative estimate of drug-likeness (QED) is 0.602. The first-order valence-corrected chi connectivity index (χ1v) is 9.46. The van der Waals surface area contributed by atoms with Crippen molar-refractivity contribution in [1.29, 1.82) is 0 Å². The molecular formula is C15H19ClFN5O2S. The smallest absolute Gasteiger partial charge is 0.240 e. The fourth-order valence-corrected chi connectivity index (χ4v) is 3.30. The number of sulfonamides is 1. The third-order valence-corrected chi connectivity index (χ3v) is 4.86. The summed E-state index contributed by atoms with van der Waals surface area (Å²) in [5, 5.41) is 5.80. The third-order valence-electron chi connectivity index (χ3n) is 3.11. The predicted octanol–water partition coefficient (Wildman–Crippen LogP) is 2.40. The Bertz CT molecular complexity index is 848. The Morgan fingerprint density at radius 1 is 1.16 bits per heavy atom. The zero-order valence-electron chi connectivity index (χ0n) is 13.8. The summed E-state index contributed by atoms with van der Waals surface area (Å²) >= 11 is 5.62. The van der Waals surface area contributed by atoms with Gasteiger partial charge in [0.1, 0.15) is 11.6 Å². The first-order valence-electron chi connectivity index (χ1n) is 7.60. The maximum atomic E-state index is 13.1. The van der Waals surface area contributed by atoms with Crippen LogP contribution in [0.15, 0.2) is 29.2 Å². The lowest BCUT2D eigenvalue weighted by Crippen LogP contribution is -2.29. The topological polar surface area (TPSA) is 96.0 Å². The molecule has 0 bridgehead atoms. The maximum absolute atomic E-state index is 13.1. The van der Waals surface area contributed by atoms with Crippen LogP contribution in [0.4, 0.5) is 16.2 Å². The SMILES string of the molecule is CCNc1nc(C)cc(NCCNS(=O)(=O)c2ccc(F)c(Cl)c2)n1. The summed E-state index contributed by atoms with van der Waals surface area (Å²) in [5.74, 6) is 0.428. The molecule has 2 aromatic rings. The summed E-state index contributed by atoms with van der Waals surface area (Å²) in [5.41, 5.74) is 0.787. The van der Waals surface area contributed by atoms with Crippen molar-refractivity contribution in [3.63, 3.8) is 0 Å². The van der Waals surface area contributed by atoms with Gasteiger partial charge < -0.3 is 10.6 Å². The van der Waals surface area contributed by atoms with E-state index in [9.17, 15) is 12.8 Å². The first-order chi connectivity index (χ1) is 11.8. The molecule has 0 saturated carbocycles. The van der Waals surface area contributed by atoms with Gasteiger partial charge in [-0.3, -0.25) is 0 Å². The predicted molar refractivity (Wildman–Crippen MR) is 96.0 cm³/mol. The van der Waals surface area contributed by atoms with Gasteiger partial charge in [0, 0.05) is 31.4 Å². The third kappa shape index (κ3) is 5.52. The van der Waals surface area contributed by atoms with Gasteiger partial charge in [-0.25, -0.2) is 22.5 Å². The van der Waals surface area contributed by atoms with Crippen molar-refractivity contribution < 1.29 is 12.8 Å². The normalized spacial score (nSPS) is 11.4. The van der Waals surface area contributed by atoms with Crippen molar-refractivity contribution in [3.05, 3.63) is 40.8 Å². The average molecular weight is 388 g/mol. The molecule has 0 spiro atoms. The van der Waals surface area contributed by atoms with Gasteiger partial charge in [0.25, 0.3) is 0 Å². The van der Waals surface area contributed by atoms with Crippen LogP contribution in [-0.2, 0) is 10.0 Å². The Hall–Kier alpha value is -1.97. The van der Waals surface area contributed by atoms with E-state index in [1.165, 1.54) is 0 Å². The van der Waals surface area contributed by atoms with Crippen LogP contribution in [0.3, 0.4) is 0 Å². The number of hydrogen-bond donors (Lipinski definition) is 3. The number of benzene rings is 1. The van der Waals surface area contributed by atoms with Crippen molar-refractivity contribution in [3.8, 4) is 0 Å². The van der Waals surface area contributed by atoms with Crippen LogP contribution in [0.25, 0.3) is 0 Å². The minimum Gasteiger partial charge on any atom is -0.369 e. The average Bonchev–Trinajstić information content (AvgIpc) is 2.54. The molecule has 0 fully saturated rings. The zero-order chi connectivity index (χ0) is 18.4. The Kier molecular flexibility index (Phi) is 6.51. The van der Waals surface area contributed by atoms with Crippen molar-refractivity contribution in [2.24, 2.45) is 0 Å². The van der Waals surface area contributed by atoms with Crippen molar-refractivity contribution in [1.82, 2.24) is 14.7 Å². The summed E-state index contributed by atoms with van der Waals surface area (Å²) in [4.78, 5) is 8.40. The molecule has 25 heavy (non-hydrogen) atoms. The summed E-state index contributed by atoms with van der Waals surface area (Å²) in [6.45, 7) is 4.92. The summed E-state index contributed by atoms with van der Waals surface area (Å²) in [6, 6.07) is 5.01. The van der Waals surface area contributed by atoms with E-state index in [1.807, 2.05) is 13.8 Å². The van der Waals surface area contributed by atoms with Crippen molar-refractivity contribution in [2.45, 2.75) is 18.7 Å². The molecule has 0 radical (unpaired) electrons. The van der Waals surface area contributed by atoms with Gasteiger partial charge in [-0.15, -0.1) is 0 Å². The molecule has 0 saturated heterocycles. The van der Waals surface area contributed by atoms with E-state index in [-0.39, 0.29) is 16.5 Å². The van der Waals surface area contributed by atoms with Gasteiger partial charge in [-0.2, -0.15) is 4.98 Å². The van der Waals surface area contributed by atoms with Gasteiger partial charge in [-0.1, -0.05) is 11.6 Å². The second kappa shape index (κ2) is 8.41. The molecule has 7 nitrogen and oxygen atoms in total. The molecule has 1 heterocycles. The van der Waals surface area contributed by atoms with Crippen LogP contribution < -0.4 is 15.4 Å². The number of aromatic nitrogens is 2. The number of nitrogens with zero attached hydrogens (tertiary/aromatic N) is 2. The molecule has 1 aromatic heterocycles. The van der Waals surface area contributed by atoms with Gasteiger partial charge in [-0.05, 0) is 32.0 Å². The van der Waals surface area contributed by atoms with Crippen LogP contribution in [0.1, 0.15) is 12.6 Å². The van der Waals surface area contributed by atoms with E-state index in [4.69, 9.17) is 11.6 Å². The van der Waals surface area contributed by atoms with Crippen LogP contribution in [0.5, 0.6) is 0 Å². The Morgan fingerprint density at radius 2 is 1.92 bits per heavy atom. The van der Waals surface area contributed by atoms with Gasteiger partial charge in [0.15, 0.2) is 0 Å². The highest BCUT2D eigenvalue weighted by atomic mass is 35.5. The van der Waals surface area contributed by atoms with Crippen molar-refractivity contribution >= 4 is 33.4 Å². The molecular weight excluding hydrogens is 369 g/mol. The summed E-state index contributed by atoms with van der Waals surface area (Å²) < 4.78 is 39.8. The highest BCUT2D eigenvalue weighted by Gasteiger charge is 2.15.